The Kier molecular flexibility index (Phi) is 6.05. The van der Waals surface area contributed by atoms with Gasteiger partial charge in [-0.25, -0.2) is 9.78 Å². The van der Waals surface area contributed by atoms with Gasteiger partial charge in [0, 0.05) is 51.4 Å². The molecule has 1 N–H and O–H groups in total. The summed E-state index contributed by atoms with van der Waals surface area (Å²) >= 11 is 0. The molecule has 1 saturated heterocycles. The van der Waals surface area contributed by atoms with Crippen LogP contribution in [0, 0.1) is 11.8 Å². The molecule has 7 nitrogen and oxygen atoms in total. The Morgan fingerprint density at radius 1 is 1.12 bits per heavy atom. The fourth-order valence-corrected chi connectivity index (χ4v) is 4.48. The van der Waals surface area contributed by atoms with E-state index in [0.717, 1.165) is 31.3 Å². The number of aliphatic carboxylic acids is 1. The van der Waals surface area contributed by atoms with Gasteiger partial charge in [-0.2, -0.15) is 18.3 Å². The quantitative estimate of drug-likeness (QED) is 0.667. The molecule has 2 unspecified atom stereocenters. The maximum absolute atomic E-state index is 10.6. The van der Waals surface area contributed by atoms with E-state index in [1.165, 1.54) is 35.7 Å². The summed E-state index contributed by atoms with van der Waals surface area (Å²) in [6.07, 6.45) is 2.05. The van der Waals surface area contributed by atoms with E-state index < -0.39 is 12.1 Å². The van der Waals surface area contributed by atoms with Crippen LogP contribution in [-0.4, -0.2) is 54.6 Å². The molecular weight excluding hydrogens is 423 g/mol. The van der Waals surface area contributed by atoms with E-state index in [1.54, 1.807) is 0 Å². The molecule has 3 aromatic rings. The number of likely N-dealkylation sites (tertiary alicyclic amines) is 1. The Hall–Kier alpha value is -3.14. The molecule has 2 aliphatic heterocycles. The Morgan fingerprint density at radius 3 is 2.44 bits per heavy atom. The van der Waals surface area contributed by atoms with Gasteiger partial charge in [0.05, 0.1) is 18.1 Å². The van der Waals surface area contributed by atoms with Crippen LogP contribution in [0.4, 0.5) is 13.2 Å². The van der Waals surface area contributed by atoms with E-state index in [1.807, 2.05) is 24.1 Å². The van der Waals surface area contributed by atoms with Crippen molar-refractivity contribution in [2.75, 3.05) is 13.1 Å². The maximum atomic E-state index is 10.6. The molecule has 2 aliphatic rings. The van der Waals surface area contributed by atoms with Gasteiger partial charge in [-0.05, 0) is 17.4 Å². The van der Waals surface area contributed by atoms with Gasteiger partial charge in [0.15, 0.2) is 0 Å². The smallest absolute Gasteiger partial charge is 0.475 e. The van der Waals surface area contributed by atoms with E-state index in [-0.39, 0.29) is 0 Å². The average molecular weight is 447 g/mol. The number of imidazole rings is 1. The van der Waals surface area contributed by atoms with E-state index in [2.05, 4.69) is 51.1 Å². The largest absolute Gasteiger partial charge is 0.490 e. The molecule has 1 fully saturated rings. The number of alkyl halides is 3. The summed E-state index contributed by atoms with van der Waals surface area (Å²) in [5.74, 6) is -0.0599. The second-order valence-corrected chi connectivity index (χ2v) is 8.28. The van der Waals surface area contributed by atoms with Crippen LogP contribution in [0.15, 0.2) is 48.9 Å². The first-order valence-corrected chi connectivity index (χ1v) is 10.3. The van der Waals surface area contributed by atoms with Crippen molar-refractivity contribution >= 4 is 5.97 Å². The van der Waals surface area contributed by atoms with Gasteiger partial charge in [0.25, 0.3) is 0 Å². The summed E-state index contributed by atoms with van der Waals surface area (Å²) in [7, 11) is 1.96. The number of carbonyl (C=O) groups is 1. The van der Waals surface area contributed by atoms with Crippen LogP contribution in [-0.2, 0) is 31.4 Å². The number of fused-ring (bicyclic) bond motifs is 2. The van der Waals surface area contributed by atoms with Crippen molar-refractivity contribution in [2.45, 2.75) is 25.7 Å². The fraction of sp³-hybridized carbons (Fsp3) is 0.409. The molecule has 170 valence electrons. The summed E-state index contributed by atoms with van der Waals surface area (Å²) in [4.78, 5) is 16.2. The first-order valence-electron chi connectivity index (χ1n) is 10.3. The number of benzene rings is 1. The van der Waals surface area contributed by atoms with E-state index in [4.69, 9.17) is 14.9 Å². The van der Waals surface area contributed by atoms with Crippen molar-refractivity contribution in [2.24, 2.45) is 18.9 Å². The summed E-state index contributed by atoms with van der Waals surface area (Å²) in [5, 5.41) is 11.4. The lowest BCUT2D eigenvalue weighted by atomic mass is 9.89. The third kappa shape index (κ3) is 4.85. The van der Waals surface area contributed by atoms with Crippen molar-refractivity contribution in [1.82, 2.24) is 24.2 Å². The number of nitrogens with zero attached hydrogens (tertiary/aromatic N) is 5. The van der Waals surface area contributed by atoms with Crippen molar-refractivity contribution in [3.63, 3.8) is 0 Å². The van der Waals surface area contributed by atoms with Crippen molar-refractivity contribution in [3.05, 3.63) is 60.3 Å². The van der Waals surface area contributed by atoms with E-state index in [9.17, 15) is 13.2 Å². The molecule has 0 bridgehead atoms. The Bertz CT molecular complexity index is 1080. The minimum atomic E-state index is -5.08. The molecule has 0 aliphatic carbocycles. The number of rotatable bonds is 3. The molecule has 32 heavy (non-hydrogen) atoms. The molecular formula is C22H24F3N5O2. The number of aryl methyl sites for hydroxylation is 1. The molecule has 5 rings (SSSR count). The van der Waals surface area contributed by atoms with Crippen LogP contribution >= 0.6 is 0 Å². The van der Waals surface area contributed by atoms with Crippen LogP contribution in [0.1, 0.15) is 11.4 Å². The highest BCUT2D eigenvalue weighted by atomic mass is 19.4. The minimum Gasteiger partial charge on any atom is -0.475 e. The Morgan fingerprint density at radius 2 is 1.81 bits per heavy atom. The lowest BCUT2D eigenvalue weighted by Gasteiger charge is -2.26. The highest BCUT2D eigenvalue weighted by Crippen LogP contribution is 2.35. The monoisotopic (exact) mass is 447 g/mol. The van der Waals surface area contributed by atoms with Gasteiger partial charge in [-0.3, -0.25) is 9.58 Å². The zero-order valence-electron chi connectivity index (χ0n) is 17.5. The molecule has 0 saturated carbocycles. The first kappa shape index (κ1) is 22.1. The topological polar surface area (TPSA) is 76.2 Å². The number of hydrogen-bond donors (Lipinski definition) is 1. The highest BCUT2D eigenvalue weighted by molar-refractivity contribution is 5.73. The van der Waals surface area contributed by atoms with Crippen molar-refractivity contribution < 1.29 is 23.1 Å². The van der Waals surface area contributed by atoms with Gasteiger partial charge < -0.3 is 9.67 Å². The highest BCUT2D eigenvalue weighted by Gasteiger charge is 2.39. The second kappa shape index (κ2) is 8.78. The molecule has 2 aromatic heterocycles. The zero-order chi connectivity index (χ0) is 22.9. The second-order valence-electron chi connectivity index (χ2n) is 8.28. The lowest BCUT2D eigenvalue weighted by molar-refractivity contribution is -0.192. The van der Waals surface area contributed by atoms with Crippen LogP contribution in [0.3, 0.4) is 0 Å². The third-order valence-electron chi connectivity index (χ3n) is 5.94. The van der Waals surface area contributed by atoms with Crippen LogP contribution < -0.4 is 0 Å². The lowest BCUT2D eigenvalue weighted by Crippen LogP contribution is -2.28. The third-order valence-corrected chi connectivity index (χ3v) is 5.94. The zero-order valence-corrected chi connectivity index (χ0v) is 17.5. The van der Waals surface area contributed by atoms with Crippen LogP contribution in [0.5, 0.6) is 0 Å². The molecule has 0 radical (unpaired) electrons. The SMILES string of the molecule is Cn1cc(-c2cnc3n2CC2CN(Cc4ccccc4)CC2C3)cn1.O=C(O)C(F)(F)F. The van der Waals surface area contributed by atoms with Crippen molar-refractivity contribution in [3.8, 4) is 11.3 Å². The van der Waals surface area contributed by atoms with Gasteiger partial charge >= 0.3 is 12.1 Å². The molecule has 10 heteroatoms. The number of hydrogen-bond acceptors (Lipinski definition) is 4. The van der Waals surface area contributed by atoms with Gasteiger partial charge in [0.2, 0.25) is 0 Å². The number of halogens is 3. The molecule has 4 heterocycles. The number of carboxylic acid groups (broad SMARTS) is 1. The van der Waals surface area contributed by atoms with Crippen LogP contribution in [0.25, 0.3) is 11.3 Å². The Balaban J connectivity index is 0.000000307. The standard InChI is InChI=1S/C20H23N5.C2HF3O2/c1-23-11-17(8-22-23)19-9-21-20-7-16-12-24(13-18(16)14-25(19)20)10-15-5-3-2-4-6-15;3-2(4,5)1(6)7/h2-6,8-9,11,16,18H,7,10,12-14H2,1H3;(H,6,7). The number of aromatic nitrogens is 4. The molecule has 1 aromatic carbocycles. The van der Waals surface area contributed by atoms with E-state index in [0.29, 0.717) is 0 Å². The summed E-state index contributed by atoms with van der Waals surface area (Å²) < 4.78 is 36.0. The van der Waals surface area contributed by atoms with Crippen LogP contribution in [0.2, 0.25) is 0 Å². The normalized spacial score (nSPS) is 20.2. The molecule has 0 spiro atoms. The number of carboxylic acids is 1. The Labute approximate surface area is 183 Å². The first-order chi connectivity index (χ1) is 15.2. The molecule has 0 amide bonds. The van der Waals surface area contributed by atoms with Gasteiger partial charge in [-0.15, -0.1) is 0 Å². The summed E-state index contributed by atoms with van der Waals surface area (Å²) in [6.45, 7) is 4.51. The van der Waals surface area contributed by atoms with Crippen molar-refractivity contribution in [1.29, 1.82) is 0 Å². The maximum Gasteiger partial charge on any atom is 0.490 e. The minimum absolute atomic E-state index is 0.723. The predicted molar refractivity (Wildman–Crippen MR) is 111 cm³/mol. The average Bonchev–Trinajstić information content (AvgIpc) is 3.44. The summed E-state index contributed by atoms with van der Waals surface area (Å²) in [6, 6.07) is 10.8. The fourth-order valence-electron chi connectivity index (χ4n) is 4.48. The van der Waals surface area contributed by atoms with Gasteiger partial charge in [-0.1, -0.05) is 30.3 Å². The predicted octanol–water partition coefficient (Wildman–Crippen LogP) is 3.22. The van der Waals surface area contributed by atoms with E-state index >= 15 is 0 Å². The molecule has 2 atom stereocenters. The van der Waals surface area contributed by atoms with Gasteiger partial charge in [0.1, 0.15) is 5.82 Å². The summed E-state index contributed by atoms with van der Waals surface area (Å²) in [5.41, 5.74) is 3.79.